The summed E-state index contributed by atoms with van der Waals surface area (Å²) < 4.78 is 0. The fraction of sp³-hybridized carbons (Fsp3) is 0.250. The van der Waals surface area contributed by atoms with Crippen LogP contribution in [-0.4, -0.2) is 20.0 Å². The van der Waals surface area contributed by atoms with Gasteiger partial charge in [0.25, 0.3) is 5.91 Å². The van der Waals surface area contributed by atoms with Gasteiger partial charge in [-0.05, 0) is 25.1 Å². The van der Waals surface area contributed by atoms with Crippen molar-refractivity contribution in [2.24, 2.45) is 0 Å². The number of rotatable bonds is 2. The van der Waals surface area contributed by atoms with E-state index >= 15 is 0 Å². The summed E-state index contributed by atoms with van der Waals surface area (Å²) in [6.07, 6.45) is 0. The maximum atomic E-state index is 11.7. The fourth-order valence-electron chi connectivity index (χ4n) is 1.53. The van der Waals surface area contributed by atoms with E-state index in [9.17, 15) is 4.79 Å². The van der Waals surface area contributed by atoms with Crippen LogP contribution in [0.15, 0.2) is 30.4 Å². The summed E-state index contributed by atoms with van der Waals surface area (Å²) in [5, 5.41) is 0. The molecule has 0 spiro atoms. The van der Waals surface area contributed by atoms with Gasteiger partial charge in [-0.25, -0.2) is 0 Å². The number of hydrogen-bond donors (Lipinski definition) is 0. The smallest absolute Gasteiger partial charge is 0.258 e. The molecule has 1 aromatic rings. The first-order valence-electron chi connectivity index (χ1n) is 4.83. The van der Waals surface area contributed by atoms with Crippen LogP contribution < -0.4 is 9.80 Å². The molecule has 0 saturated heterocycles. The second kappa shape index (κ2) is 3.12. The molecule has 15 heavy (non-hydrogen) atoms. The molecule has 0 aliphatic carbocycles. The van der Waals surface area contributed by atoms with Crippen molar-refractivity contribution in [2.45, 2.75) is 6.92 Å². The van der Waals surface area contributed by atoms with Gasteiger partial charge in [-0.3, -0.25) is 9.69 Å². The van der Waals surface area contributed by atoms with Crippen molar-refractivity contribution in [2.75, 3.05) is 23.9 Å². The predicted molar refractivity (Wildman–Crippen MR) is 62.7 cm³/mol. The number of carbonyl (C=O) groups excluding carboxylic acids is 1. The number of carbonyl (C=O) groups is 1. The van der Waals surface area contributed by atoms with Gasteiger partial charge in [0.1, 0.15) is 0 Å². The number of nitrogens with zero attached hydrogens (tertiary/aromatic N) is 2. The number of fused-ring (bicyclic) bond motifs is 1. The largest absolute Gasteiger partial charge is 0.378 e. The zero-order valence-electron chi connectivity index (χ0n) is 9.24. The average Bonchev–Trinajstić information content (AvgIpc) is 2.88. The Hall–Kier alpha value is -1.77. The van der Waals surface area contributed by atoms with Crippen LogP contribution in [0.3, 0.4) is 0 Å². The lowest BCUT2D eigenvalue weighted by Crippen LogP contribution is -2.12. The molecule has 1 heterocycles. The minimum atomic E-state index is -0.0130. The molecule has 1 amide bonds. The summed E-state index contributed by atoms with van der Waals surface area (Å²) in [4.78, 5) is 15.4. The van der Waals surface area contributed by atoms with Crippen molar-refractivity contribution in [1.82, 2.24) is 0 Å². The standard InChI is InChI=1S/C12H14N2O/c1-8(2)12(15)14-10-6-5-9(13(3)4)7-11(10)14/h5-7H,1H2,2-4H3. The first-order valence-corrected chi connectivity index (χ1v) is 4.83. The third-order valence-corrected chi connectivity index (χ3v) is 2.48. The fourth-order valence-corrected chi connectivity index (χ4v) is 1.53. The van der Waals surface area contributed by atoms with Crippen LogP contribution in [0.2, 0.25) is 0 Å². The van der Waals surface area contributed by atoms with Crippen molar-refractivity contribution in [3.63, 3.8) is 0 Å². The van der Waals surface area contributed by atoms with Gasteiger partial charge in [-0.15, -0.1) is 0 Å². The molecule has 3 nitrogen and oxygen atoms in total. The van der Waals surface area contributed by atoms with E-state index in [1.165, 1.54) is 0 Å². The summed E-state index contributed by atoms with van der Waals surface area (Å²) >= 11 is 0. The second-order valence-corrected chi connectivity index (χ2v) is 3.99. The van der Waals surface area contributed by atoms with Crippen molar-refractivity contribution >= 4 is 23.0 Å². The van der Waals surface area contributed by atoms with Gasteiger partial charge < -0.3 is 4.90 Å². The van der Waals surface area contributed by atoms with E-state index in [-0.39, 0.29) is 5.91 Å². The molecule has 0 fully saturated rings. The molecule has 0 saturated carbocycles. The minimum absolute atomic E-state index is 0.0130. The predicted octanol–water partition coefficient (Wildman–Crippen LogP) is 2.31. The summed E-state index contributed by atoms with van der Waals surface area (Å²) in [5.41, 5.74) is 3.66. The molecule has 0 bridgehead atoms. The normalized spacial score (nSPS) is 12.1. The lowest BCUT2D eigenvalue weighted by atomic mass is 10.3. The molecule has 0 atom stereocenters. The Bertz CT molecular complexity index is 449. The molecule has 0 radical (unpaired) electrons. The van der Waals surface area contributed by atoms with Crippen LogP contribution in [0.5, 0.6) is 0 Å². The zero-order chi connectivity index (χ0) is 11.2. The molecule has 1 aliphatic rings. The van der Waals surface area contributed by atoms with Gasteiger partial charge in [-0.2, -0.15) is 0 Å². The van der Waals surface area contributed by atoms with Gasteiger partial charge in [0.15, 0.2) is 0 Å². The van der Waals surface area contributed by atoms with Gasteiger partial charge in [-0.1, -0.05) is 6.58 Å². The van der Waals surface area contributed by atoms with Crippen LogP contribution >= 0.6 is 0 Å². The van der Waals surface area contributed by atoms with Crippen LogP contribution in [0.25, 0.3) is 0 Å². The Morgan fingerprint density at radius 1 is 1.33 bits per heavy atom. The molecule has 1 aliphatic heterocycles. The third kappa shape index (κ3) is 1.50. The van der Waals surface area contributed by atoms with Crippen molar-refractivity contribution in [3.05, 3.63) is 30.4 Å². The lowest BCUT2D eigenvalue weighted by Gasteiger charge is -2.09. The summed E-state index contributed by atoms with van der Waals surface area (Å²) in [7, 11) is 3.96. The van der Waals surface area contributed by atoms with Crippen LogP contribution in [0.4, 0.5) is 17.1 Å². The van der Waals surface area contributed by atoms with E-state index in [2.05, 4.69) is 6.58 Å². The number of anilines is 3. The maximum absolute atomic E-state index is 11.7. The Morgan fingerprint density at radius 3 is 2.53 bits per heavy atom. The maximum Gasteiger partial charge on any atom is 0.258 e. The third-order valence-electron chi connectivity index (χ3n) is 2.48. The average molecular weight is 202 g/mol. The Morgan fingerprint density at radius 2 is 2.00 bits per heavy atom. The van der Waals surface area contributed by atoms with Crippen molar-refractivity contribution < 1.29 is 4.79 Å². The molecular formula is C12H14N2O. The minimum Gasteiger partial charge on any atom is -0.378 e. The molecular weight excluding hydrogens is 188 g/mol. The quantitative estimate of drug-likeness (QED) is 0.542. The van der Waals surface area contributed by atoms with E-state index in [1.54, 1.807) is 11.8 Å². The lowest BCUT2D eigenvalue weighted by molar-refractivity contribution is -0.113. The Labute approximate surface area is 89.6 Å². The van der Waals surface area contributed by atoms with E-state index in [0.717, 1.165) is 17.1 Å². The van der Waals surface area contributed by atoms with E-state index in [4.69, 9.17) is 0 Å². The number of amides is 1. The summed E-state index contributed by atoms with van der Waals surface area (Å²) in [6.45, 7) is 5.39. The number of hydrogen-bond acceptors (Lipinski definition) is 2. The molecule has 0 aromatic heterocycles. The highest BCUT2D eigenvalue weighted by atomic mass is 16.2. The summed E-state index contributed by atoms with van der Waals surface area (Å²) in [6, 6.07) is 5.98. The van der Waals surface area contributed by atoms with E-state index < -0.39 is 0 Å². The Balaban J connectivity index is 2.25. The molecule has 2 rings (SSSR count). The highest BCUT2D eigenvalue weighted by molar-refractivity contribution is 6.21. The van der Waals surface area contributed by atoms with Gasteiger partial charge in [0, 0.05) is 25.4 Å². The zero-order valence-corrected chi connectivity index (χ0v) is 9.24. The second-order valence-electron chi connectivity index (χ2n) is 3.99. The monoisotopic (exact) mass is 202 g/mol. The van der Waals surface area contributed by atoms with Crippen LogP contribution in [-0.2, 0) is 4.79 Å². The SMILES string of the molecule is C=C(C)C(=O)N1c2ccc(N(C)C)cc21. The molecule has 3 heteroatoms. The van der Waals surface area contributed by atoms with E-state index in [1.807, 2.05) is 37.2 Å². The topological polar surface area (TPSA) is 23.3 Å². The molecule has 0 N–H and O–H groups in total. The van der Waals surface area contributed by atoms with Gasteiger partial charge in [0.2, 0.25) is 0 Å². The highest BCUT2D eigenvalue weighted by Gasteiger charge is 2.35. The van der Waals surface area contributed by atoms with Crippen molar-refractivity contribution in [3.8, 4) is 0 Å². The highest BCUT2D eigenvalue weighted by Crippen LogP contribution is 2.50. The van der Waals surface area contributed by atoms with Crippen molar-refractivity contribution in [1.29, 1.82) is 0 Å². The van der Waals surface area contributed by atoms with Gasteiger partial charge in [0.05, 0.1) is 11.4 Å². The number of benzene rings is 1. The molecule has 0 unspecified atom stereocenters. The van der Waals surface area contributed by atoms with Gasteiger partial charge >= 0.3 is 0 Å². The molecule has 1 aromatic carbocycles. The van der Waals surface area contributed by atoms with E-state index in [0.29, 0.717) is 5.57 Å². The Kier molecular flexibility index (Phi) is 2.03. The van der Waals surface area contributed by atoms with Crippen LogP contribution in [0, 0.1) is 0 Å². The van der Waals surface area contributed by atoms with Crippen LogP contribution in [0.1, 0.15) is 6.92 Å². The first-order chi connectivity index (χ1) is 7.02. The summed E-state index contributed by atoms with van der Waals surface area (Å²) in [5.74, 6) is -0.0130. The molecule has 78 valence electrons. The first kappa shape index (κ1) is 9.77.